The molecule has 0 bridgehead atoms. The van der Waals surface area contributed by atoms with Gasteiger partial charge in [-0.1, -0.05) is 13.8 Å². The molecule has 0 atom stereocenters. The third-order valence-corrected chi connectivity index (χ3v) is 4.20. The highest BCUT2D eigenvalue weighted by molar-refractivity contribution is 5.28. The lowest BCUT2D eigenvalue weighted by Crippen LogP contribution is -2.36. The Morgan fingerprint density at radius 1 is 1.32 bits per heavy atom. The number of rotatable bonds is 4. The van der Waals surface area contributed by atoms with Gasteiger partial charge in [0.05, 0.1) is 18.1 Å². The molecule has 5 nitrogen and oxygen atoms in total. The average Bonchev–Trinajstić information content (AvgIpc) is 2.39. The van der Waals surface area contributed by atoms with Crippen LogP contribution in [-0.4, -0.2) is 28.0 Å². The number of hydrazine groups is 1. The molecular weight excluding hydrogens is 238 g/mol. The molecule has 1 heterocycles. The van der Waals surface area contributed by atoms with Crippen molar-refractivity contribution in [3.05, 3.63) is 18.1 Å². The van der Waals surface area contributed by atoms with Crippen LogP contribution in [0.2, 0.25) is 0 Å². The molecule has 106 valence electrons. The van der Waals surface area contributed by atoms with Crippen molar-refractivity contribution in [3.8, 4) is 0 Å². The summed E-state index contributed by atoms with van der Waals surface area (Å²) in [5.41, 5.74) is 4.00. The maximum absolute atomic E-state index is 5.28. The van der Waals surface area contributed by atoms with E-state index in [4.69, 9.17) is 5.84 Å². The molecule has 1 aromatic heterocycles. The fourth-order valence-corrected chi connectivity index (χ4v) is 2.72. The maximum atomic E-state index is 5.28. The van der Waals surface area contributed by atoms with Gasteiger partial charge in [0, 0.05) is 12.6 Å². The molecular formula is C14H25N5. The highest BCUT2D eigenvalue weighted by Gasteiger charge is 2.28. The Morgan fingerprint density at radius 3 is 2.53 bits per heavy atom. The van der Waals surface area contributed by atoms with E-state index >= 15 is 0 Å². The largest absolute Gasteiger partial charge is 0.307 e. The predicted molar refractivity (Wildman–Crippen MR) is 77.3 cm³/mol. The summed E-state index contributed by atoms with van der Waals surface area (Å²) in [6.07, 6.45) is 8.64. The Hall–Kier alpha value is -1.20. The smallest absolute Gasteiger partial charge is 0.158 e. The Kier molecular flexibility index (Phi) is 4.37. The first kappa shape index (κ1) is 14.2. The highest BCUT2D eigenvalue weighted by atomic mass is 15.3. The minimum absolute atomic E-state index is 0.519. The maximum Gasteiger partial charge on any atom is 0.158 e. The Balaban J connectivity index is 1.88. The highest BCUT2D eigenvalue weighted by Crippen LogP contribution is 2.36. The van der Waals surface area contributed by atoms with Gasteiger partial charge in [-0.05, 0) is 38.1 Å². The summed E-state index contributed by atoms with van der Waals surface area (Å²) in [5.74, 6) is 5.88. The zero-order valence-electron chi connectivity index (χ0n) is 12.2. The van der Waals surface area contributed by atoms with Crippen molar-refractivity contribution in [3.63, 3.8) is 0 Å². The van der Waals surface area contributed by atoms with Crippen molar-refractivity contribution < 1.29 is 0 Å². The topological polar surface area (TPSA) is 67.1 Å². The first-order chi connectivity index (χ1) is 9.00. The van der Waals surface area contributed by atoms with Crippen LogP contribution in [0.4, 0.5) is 5.82 Å². The zero-order chi connectivity index (χ0) is 13.9. The molecule has 19 heavy (non-hydrogen) atoms. The fourth-order valence-electron chi connectivity index (χ4n) is 2.72. The van der Waals surface area contributed by atoms with Gasteiger partial charge in [-0.3, -0.25) is 9.88 Å². The molecule has 0 radical (unpaired) electrons. The molecule has 0 saturated heterocycles. The molecule has 3 N–H and O–H groups in total. The van der Waals surface area contributed by atoms with Crippen LogP contribution in [0.3, 0.4) is 0 Å². The first-order valence-corrected chi connectivity index (χ1v) is 6.98. The average molecular weight is 263 g/mol. The molecule has 1 aliphatic carbocycles. The van der Waals surface area contributed by atoms with E-state index < -0.39 is 0 Å². The molecule has 0 amide bonds. The molecule has 1 saturated carbocycles. The van der Waals surface area contributed by atoms with Crippen LogP contribution < -0.4 is 11.3 Å². The van der Waals surface area contributed by atoms with Crippen LogP contribution in [0.15, 0.2) is 12.4 Å². The van der Waals surface area contributed by atoms with E-state index in [1.807, 2.05) is 0 Å². The van der Waals surface area contributed by atoms with Crippen molar-refractivity contribution in [2.75, 3.05) is 12.5 Å². The molecule has 0 aliphatic heterocycles. The summed E-state index contributed by atoms with van der Waals surface area (Å²) in [6, 6.07) is 0.669. The summed E-state index contributed by atoms with van der Waals surface area (Å²) in [7, 11) is 2.18. The number of nitrogen functional groups attached to an aromatic ring is 1. The van der Waals surface area contributed by atoms with Crippen LogP contribution in [0.5, 0.6) is 0 Å². The van der Waals surface area contributed by atoms with Crippen molar-refractivity contribution in [2.45, 2.75) is 52.1 Å². The quantitative estimate of drug-likeness (QED) is 0.643. The SMILES string of the molecule is CN(Cc1cnc(NN)cn1)C1CCC(C)(C)CC1. The third kappa shape index (κ3) is 3.88. The molecule has 2 rings (SSSR count). The predicted octanol–water partition coefficient (Wildman–Crippen LogP) is 2.16. The molecule has 1 aromatic rings. The van der Waals surface area contributed by atoms with Gasteiger partial charge in [0.2, 0.25) is 0 Å². The lowest BCUT2D eigenvalue weighted by atomic mass is 9.75. The van der Waals surface area contributed by atoms with Gasteiger partial charge in [-0.25, -0.2) is 10.8 Å². The number of hydrogen-bond acceptors (Lipinski definition) is 5. The summed E-state index contributed by atoms with van der Waals surface area (Å²) >= 11 is 0. The van der Waals surface area contributed by atoms with Gasteiger partial charge >= 0.3 is 0 Å². The van der Waals surface area contributed by atoms with Crippen LogP contribution in [0.1, 0.15) is 45.2 Å². The van der Waals surface area contributed by atoms with Gasteiger partial charge in [0.15, 0.2) is 5.82 Å². The van der Waals surface area contributed by atoms with Gasteiger partial charge in [-0.15, -0.1) is 0 Å². The lowest BCUT2D eigenvalue weighted by Gasteiger charge is -2.38. The summed E-state index contributed by atoms with van der Waals surface area (Å²) < 4.78 is 0. The lowest BCUT2D eigenvalue weighted by molar-refractivity contribution is 0.122. The molecule has 0 unspecified atom stereocenters. The van der Waals surface area contributed by atoms with Crippen LogP contribution >= 0.6 is 0 Å². The van der Waals surface area contributed by atoms with E-state index in [0.29, 0.717) is 17.3 Å². The number of nitrogens with two attached hydrogens (primary N) is 1. The number of hydrogen-bond donors (Lipinski definition) is 2. The van der Waals surface area contributed by atoms with E-state index in [1.54, 1.807) is 12.4 Å². The van der Waals surface area contributed by atoms with Gasteiger partial charge < -0.3 is 5.43 Å². The van der Waals surface area contributed by atoms with Gasteiger partial charge in [0.1, 0.15) is 0 Å². The zero-order valence-corrected chi connectivity index (χ0v) is 12.2. The monoisotopic (exact) mass is 263 g/mol. The van der Waals surface area contributed by atoms with Crippen LogP contribution in [0, 0.1) is 5.41 Å². The molecule has 1 aliphatic rings. The number of aromatic nitrogens is 2. The minimum Gasteiger partial charge on any atom is -0.307 e. The Morgan fingerprint density at radius 2 is 2.00 bits per heavy atom. The Bertz CT molecular complexity index is 391. The normalized spacial score (nSPS) is 19.6. The molecule has 0 aromatic carbocycles. The number of anilines is 1. The third-order valence-electron chi connectivity index (χ3n) is 4.20. The van der Waals surface area contributed by atoms with E-state index in [2.05, 4.69) is 41.2 Å². The molecule has 1 fully saturated rings. The summed E-state index contributed by atoms with van der Waals surface area (Å²) in [6.45, 7) is 5.59. The number of nitrogens with zero attached hydrogens (tertiary/aromatic N) is 3. The van der Waals surface area contributed by atoms with E-state index in [-0.39, 0.29) is 0 Å². The summed E-state index contributed by atoms with van der Waals surface area (Å²) in [5, 5.41) is 0. The van der Waals surface area contributed by atoms with E-state index in [9.17, 15) is 0 Å². The van der Waals surface area contributed by atoms with Gasteiger partial charge in [0.25, 0.3) is 0 Å². The minimum atomic E-state index is 0.519. The second kappa shape index (κ2) is 5.84. The van der Waals surface area contributed by atoms with Crippen LogP contribution in [0.25, 0.3) is 0 Å². The summed E-state index contributed by atoms with van der Waals surface area (Å²) in [4.78, 5) is 11.0. The van der Waals surface area contributed by atoms with E-state index in [0.717, 1.165) is 12.2 Å². The van der Waals surface area contributed by atoms with E-state index in [1.165, 1.54) is 25.7 Å². The van der Waals surface area contributed by atoms with Gasteiger partial charge in [-0.2, -0.15) is 0 Å². The van der Waals surface area contributed by atoms with Crippen molar-refractivity contribution >= 4 is 5.82 Å². The Labute approximate surface area is 115 Å². The molecule has 0 spiro atoms. The first-order valence-electron chi connectivity index (χ1n) is 6.98. The van der Waals surface area contributed by atoms with Crippen LogP contribution in [-0.2, 0) is 6.54 Å². The fraction of sp³-hybridized carbons (Fsp3) is 0.714. The second-order valence-electron chi connectivity index (χ2n) is 6.35. The second-order valence-corrected chi connectivity index (χ2v) is 6.35. The molecule has 5 heteroatoms. The van der Waals surface area contributed by atoms with Crippen molar-refractivity contribution in [2.24, 2.45) is 11.3 Å². The standard InChI is InChI=1S/C14H25N5/c1-14(2)6-4-12(5-7-14)19(3)10-11-8-17-13(18-15)9-16-11/h8-9,12H,4-7,10,15H2,1-3H3,(H,17,18). The number of nitrogens with one attached hydrogen (secondary N) is 1. The van der Waals surface area contributed by atoms with Crippen molar-refractivity contribution in [1.29, 1.82) is 0 Å². The van der Waals surface area contributed by atoms with Crippen molar-refractivity contribution in [1.82, 2.24) is 14.9 Å².